The highest BCUT2D eigenvalue weighted by Gasteiger charge is 2.06. The third kappa shape index (κ3) is 3.95. The molecule has 6 heteroatoms. The predicted molar refractivity (Wildman–Crippen MR) is 69.9 cm³/mol. The van der Waals surface area contributed by atoms with Crippen molar-refractivity contribution in [1.29, 1.82) is 0 Å². The summed E-state index contributed by atoms with van der Waals surface area (Å²) in [6.07, 6.45) is 2.46. The van der Waals surface area contributed by atoms with Crippen molar-refractivity contribution in [3.63, 3.8) is 0 Å². The third-order valence-electron chi connectivity index (χ3n) is 2.43. The van der Waals surface area contributed by atoms with Crippen LogP contribution in [0, 0.1) is 0 Å². The zero-order valence-electron chi connectivity index (χ0n) is 10.2. The fraction of sp³-hybridized carbons (Fsp3) is 0.154. The number of carbonyl (C=O) groups is 1. The van der Waals surface area contributed by atoms with Crippen molar-refractivity contribution in [2.45, 2.75) is 13.2 Å². The first kappa shape index (κ1) is 12.8. The van der Waals surface area contributed by atoms with Crippen LogP contribution in [-0.2, 0) is 17.9 Å². The Kier molecular flexibility index (Phi) is 4.28. The van der Waals surface area contributed by atoms with Crippen molar-refractivity contribution >= 4 is 11.9 Å². The quantitative estimate of drug-likeness (QED) is 0.867. The monoisotopic (exact) mass is 258 g/mol. The van der Waals surface area contributed by atoms with Crippen molar-refractivity contribution in [3.8, 4) is 0 Å². The van der Waals surface area contributed by atoms with E-state index in [0.717, 1.165) is 5.56 Å². The van der Waals surface area contributed by atoms with Gasteiger partial charge in [-0.1, -0.05) is 30.3 Å². The maximum atomic E-state index is 11.5. The molecule has 1 heterocycles. The van der Waals surface area contributed by atoms with Crippen LogP contribution in [0.15, 0.2) is 42.7 Å². The van der Waals surface area contributed by atoms with Crippen molar-refractivity contribution in [2.75, 3.05) is 5.73 Å². The summed E-state index contributed by atoms with van der Waals surface area (Å²) in [6.45, 7) is 0.413. The lowest BCUT2D eigenvalue weighted by molar-refractivity contribution is 0.138. The molecule has 1 aromatic heterocycles. The van der Waals surface area contributed by atoms with Crippen LogP contribution in [0.1, 0.15) is 11.3 Å². The second-order valence-electron chi connectivity index (χ2n) is 3.80. The average Bonchev–Trinajstić information content (AvgIpc) is 2.45. The van der Waals surface area contributed by atoms with Gasteiger partial charge in [0.1, 0.15) is 18.1 Å². The summed E-state index contributed by atoms with van der Waals surface area (Å²) in [5, 5.41) is 2.64. The zero-order chi connectivity index (χ0) is 13.5. The van der Waals surface area contributed by atoms with Crippen LogP contribution >= 0.6 is 0 Å². The molecule has 0 atom stereocenters. The van der Waals surface area contributed by atoms with Gasteiger partial charge in [0.25, 0.3) is 0 Å². The van der Waals surface area contributed by atoms with Crippen molar-refractivity contribution in [1.82, 2.24) is 15.3 Å². The Labute approximate surface area is 110 Å². The van der Waals surface area contributed by atoms with E-state index in [1.165, 1.54) is 12.4 Å². The summed E-state index contributed by atoms with van der Waals surface area (Å²) in [6, 6.07) is 9.56. The van der Waals surface area contributed by atoms with Crippen molar-refractivity contribution in [2.24, 2.45) is 0 Å². The van der Waals surface area contributed by atoms with E-state index in [0.29, 0.717) is 12.2 Å². The zero-order valence-corrected chi connectivity index (χ0v) is 10.2. The van der Waals surface area contributed by atoms with Crippen LogP contribution in [0.3, 0.4) is 0 Å². The lowest BCUT2D eigenvalue weighted by atomic mass is 10.2. The molecule has 0 unspecified atom stereocenters. The molecule has 2 aromatic rings. The highest BCUT2D eigenvalue weighted by atomic mass is 16.5. The minimum atomic E-state index is -0.520. The van der Waals surface area contributed by atoms with Crippen LogP contribution in [0.5, 0.6) is 0 Å². The van der Waals surface area contributed by atoms with Gasteiger partial charge < -0.3 is 15.8 Å². The SMILES string of the molecule is Nc1nccnc1COC(=O)NCc1ccccc1. The normalized spacial score (nSPS) is 9.89. The first-order valence-corrected chi connectivity index (χ1v) is 5.75. The van der Waals surface area contributed by atoms with E-state index in [1.54, 1.807) is 0 Å². The molecular weight excluding hydrogens is 244 g/mol. The Balaban J connectivity index is 1.78. The minimum absolute atomic E-state index is 0.000294. The number of carbonyl (C=O) groups excluding carboxylic acids is 1. The van der Waals surface area contributed by atoms with Gasteiger partial charge in [0.05, 0.1) is 0 Å². The fourth-order valence-corrected chi connectivity index (χ4v) is 1.44. The van der Waals surface area contributed by atoms with E-state index in [1.807, 2.05) is 30.3 Å². The molecule has 0 bridgehead atoms. The van der Waals surface area contributed by atoms with Crippen molar-refractivity contribution < 1.29 is 9.53 Å². The van der Waals surface area contributed by atoms with Gasteiger partial charge in [0.15, 0.2) is 0 Å². The fourth-order valence-electron chi connectivity index (χ4n) is 1.44. The Hall–Kier alpha value is -2.63. The second kappa shape index (κ2) is 6.34. The standard InChI is InChI=1S/C13H14N4O2/c14-12-11(15-6-7-16-12)9-19-13(18)17-8-10-4-2-1-3-5-10/h1-7H,8-9H2,(H2,14,16)(H,17,18). The van der Waals surface area contributed by atoms with Crippen LogP contribution in [-0.4, -0.2) is 16.1 Å². The molecule has 0 fully saturated rings. The number of nitrogens with two attached hydrogens (primary N) is 1. The molecule has 19 heavy (non-hydrogen) atoms. The predicted octanol–water partition coefficient (Wildman–Crippen LogP) is 1.49. The molecule has 0 aliphatic carbocycles. The second-order valence-corrected chi connectivity index (χ2v) is 3.80. The third-order valence-corrected chi connectivity index (χ3v) is 2.43. The summed E-state index contributed by atoms with van der Waals surface area (Å²) < 4.78 is 5.00. The highest BCUT2D eigenvalue weighted by molar-refractivity contribution is 5.67. The lowest BCUT2D eigenvalue weighted by Crippen LogP contribution is -2.24. The highest BCUT2D eigenvalue weighted by Crippen LogP contribution is 2.04. The van der Waals surface area contributed by atoms with Crippen molar-refractivity contribution in [3.05, 3.63) is 54.0 Å². The van der Waals surface area contributed by atoms with Crippen LogP contribution in [0.4, 0.5) is 10.6 Å². The largest absolute Gasteiger partial charge is 0.443 e. The van der Waals surface area contributed by atoms with Gasteiger partial charge in [-0.3, -0.25) is 4.98 Å². The number of amides is 1. The Morgan fingerprint density at radius 1 is 1.21 bits per heavy atom. The van der Waals surface area contributed by atoms with Gasteiger partial charge in [0.2, 0.25) is 0 Å². The number of benzene rings is 1. The number of rotatable bonds is 4. The number of ether oxygens (including phenoxy) is 1. The molecule has 6 nitrogen and oxygen atoms in total. The van der Waals surface area contributed by atoms with E-state index >= 15 is 0 Å². The van der Waals surface area contributed by atoms with Gasteiger partial charge in [-0.05, 0) is 5.56 Å². The van der Waals surface area contributed by atoms with E-state index in [9.17, 15) is 4.79 Å². The lowest BCUT2D eigenvalue weighted by Gasteiger charge is -2.07. The minimum Gasteiger partial charge on any atom is -0.443 e. The number of hydrogen-bond acceptors (Lipinski definition) is 5. The average molecular weight is 258 g/mol. The number of aromatic nitrogens is 2. The molecule has 3 N–H and O–H groups in total. The van der Waals surface area contributed by atoms with Gasteiger partial charge in [-0.25, -0.2) is 9.78 Å². The van der Waals surface area contributed by atoms with E-state index in [2.05, 4.69) is 15.3 Å². The van der Waals surface area contributed by atoms with Gasteiger partial charge in [0, 0.05) is 18.9 Å². The summed E-state index contributed by atoms with van der Waals surface area (Å²) in [5.41, 5.74) is 7.03. The molecule has 0 saturated carbocycles. The number of alkyl carbamates (subject to hydrolysis) is 1. The van der Waals surface area contributed by atoms with Gasteiger partial charge in [-0.15, -0.1) is 0 Å². The number of nitrogens with zero attached hydrogens (tertiary/aromatic N) is 2. The van der Waals surface area contributed by atoms with Crippen LogP contribution in [0.25, 0.3) is 0 Å². The first-order chi connectivity index (χ1) is 9.25. The molecule has 98 valence electrons. The Bertz CT molecular complexity index is 545. The Morgan fingerprint density at radius 2 is 1.95 bits per heavy atom. The molecule has 0 radical (unpaired) electrons. The molecule has 1 aromatic carbocycles. The first-order valence-electron chi connectivity index (χ1n) is 5.75. The number of anilines is 1. The molecule has 0 aliphatic rings. The summed E-state index contributed by atoms with van der Waals surface area (Å²) in [4.78, 5) is 19.3. The van der Waals surface area contributed by atoms with Crippen LogP contribution in [0.2, 0.25) is 0 Å². The maximum absolute atomic E-state index is 11.5. The molecule has 2 rings (SSSR count). The Morgan fingerprint density at radius 3 is 2.68 bits per heavy atom. The molecular formula is C13H14N4O2. The smallest absolute Gasteiger partial charge is 0.407 e. The van der Waals surface area contributed by atoms with Gasteiger partial charge >= 0.3 is 6.09 Å². The molecule has 0 saturated heterocycles. The summed E-state index contributed by atoms with van der Waals surface area (Å²) >= 11 is 0. The maximum Gasteiger partial charge on any atom is 0.407 e. The number of nitrogen functional groups attached to an aromatic ring is 1. The number of nitrogens with one attached hydrogen (secondary N) is 1. The summed E-state index contributed by atoms with van der Waals surface area (Å²) in [7, 11) is 0. The van der Waals surface area contributed by atoms with Gasteiger partial charge in [-0.2, -0.15) is 0 Å². The van der Waals surface area contributed by atoms with Crippen LogP contribution < -0.4 is 11.1 Å². The van der Waals surface area contributed by atoms with E-state index in [-0.39, 0.29) is 12.4 Å². The molecule has 0 spiro atoms. The molecule has 1 amide bonds. The van der Waals surface area contributed by atoms with E-state index in [4.69, 9.17) is 10.5 Å². The topological polar surface area (TPSA) is 90.1 Å². The van der Waals surface area contributed by atoms with E-state index < -0.39 is 6.09 Å². The number of hydrogen-bond donors (Lipinski definition) is 2. The summed E-state index contributed by atoms with van der Waals surface area (Å²) in [5.74, 6) is 0.262. The molecule has 0 aliphatic heterocycles.